The summed E-state index contributed by atoms with van der Waals surface area (Å²) in [5.41, 5.74) is 4.48. The highest BCUT2D eigenvalue weighted by Crippen LogP contribution is 2.19. The largest absolute Gasteiger partial charge is 0.494 e. The van der Waals surface area contributed by atoms with E-state index in [4.69, 9.17) is 14.2 Å². The lowest BCUT2D eigenvalue weighted by Crippen LogP contribution is -2.47. The second-order valence-corrected chi connectivity index (χ2v) is 5.46. The molecule has 0 heterocycles. The lowest BCUT2D eigenvalue weighted by molar-refractivity contribution is -0.128. The number of hydrazine groups is 1. The van der Waals surface area contributed by atoms with Gasteiger partial charge in [0.15, 0.2) is 17.7 Å². The van der Waals surface area contributed by atoms with Crippen LogP contribution in [0.4, 0.5) is 4.39 Å². The molecular formula is C19H21FN2O5. The van der Waals surface area contributed by atoms with E-state index in [2.05, 4.69) is 10.9 Å². The van der Waals surface area contributed by atoms with Crippen LogP contribution in [0.25, 0.3) is 0 Å². The summed E-state index contributed by atoms with van der Waals surface area (Å²) in [6, 6.07) is 10.5. The molecule has 0 spiro atoms. The van der Waals surface area contributed by atoms with Crippen LogP contribution < -0.4 is 25.1 Å². The predicted molar refractivity (Wildman–Crippen MR) is 96.3 cm³/mol. The Morgan fingerprint density at radius 2 is 1.74 bits per heavy atom. The summed E-state index contributed by atoms with van der Waals surface area (Å²) in [5, 5.41) is 0. The smallest absolute Gasteiger partial charge is 0.279 e. The molecule has 0 saturated heterocycles. The summed E-state index contributed by atoms with van der Waals surface area (Å²) >= 11 is 0. The van der Waals surface area contributed by atoms with Gasteiger partial charge in [-0.05, 0) is 56.3 Å². The fraction of sp³-hybridized carbons (Fsp3) is 0.263. The van der Waals surface area contributed by atoms with Crippen molar-refractivity contribution in [2.45, 2.75) is 20.0 Å². The lowest BCUT2D eigenvalue weighted by Gasteiger charge is -2.15. The second-order valence-electron chi connectivity index (χ2n) is 5.46. The van der Waals surface area contributed by atoms with E-state index in [9.17, 15) is 14.0 Å². The molecule has 0 radical (unpaired) electrons. The van der Waals surface area contributed by atoms with Crippen LogP contribution >= 0.6 is 0 Å². The summed E-state index contributed by atoms with van der Waals surface area (Å²) < 4.78 is 29.2. The van der Waals surface area contributed by atoms with E-state index in [1.54, 1.807) is 24.3 Å². The maximum Gasteiger partial charge on any atom is 0.279 e. The maximum absolute atomic E-state index is 13.6. The average molecular weight is 376 g/mol. The van der Waals surface area contributed by atoms with E-state index in [1.807, 2.05) is 6.92 Å². The number of hydrogen-bond acceptors (Lipinski definition) is 5. The van der Waals surface area contributed by atoms with Gasteiger partial charge in [-0.25, -0.2) is 4.39 Å². The molecule has 2 rings (SSSR count). The first-order valence-electron chi connectivity index (χ1n) is 8.27. The van der Waals surface area contributed by atoms with Crippen molar-refractivity contribution in [1.82, 2.24) is 10.9 Å². The van der Waals surface area contributed by atoms with Gasteiger partial charge in [0.05, 0.1) is 13.7 Å². The zero-order valence-electron chi connectivity index (χ0n) is 15.2. The number of carbonyl (C=O) groups is 2. The molecule has 0 unspecified atom stereocenters. The highest BCUT2D eigenvalue weighted by atomic mass is 19.1. The average Bonchev–Trinajstić information content (AvgIpc) is 2.67. The van der Waals surface area contributed by atoms with E-state index >= 15 is 0 Å². The van der Waals surface area contributed by atoms with Gasteiger partial charge >= 0.3 is 0 Å². The standard InChI is InChI=1S/C19H21FN2O5/c1-4-26-14-6-8-15(9-7-14)27-12(2)18(23)21-22-19(24)13-5-10-17(25-3)16(20)11-13/h5-12H,4H2,1-3H3,(H,21,23)(H,22,24)/t12-/m1/s1. The number of halogens is 1. The molecule has 0 aliphatic carbocycles. The summed E-state index contributed by atoms with van der Waals surface area (Å²) in [4.78, 5) is 24.0. The molecule has 0 aromatic heterocycles. The summed E-state index contributed by atoms with van der Waals surface area (Å²) in [6.07, 6.45) is -0.865. The minimum absolute atomic E-state index is 0.0213. The number of carbonyl (C=O) groups excluding carboxylic acids is 2. The van der Waals surface area contributed by atoms with Crippen molar-refractivity contribution in [3.63, 3.8) is 0 Å². The van der Waals surface area contributed by atoms with Crippen molar-refractivity contribution in [2.24, 2.45) is 0 Å². The first-order chi connectivity index (χ1) is 12.9. The van der Waals surface area contributed by atoms with Crippen LogP contribution in [0.3, 0.4) is 0 Å². The minimum atomic E-state index is -0.865. The molecule has 0 bridgehead atoms. The highest BCUT2D eigenvalue weighted by Gasteiger charge is 2.16. The zero-order chi connectivity index (χ0) is 19.8. The summed E-state index contributed by atoms with van der Waals surface area (Å²) in [7, 11) is 1.32. The van der Waals surface area contributed by atoms with Gasteiger partial charge in [-0.15, -0.1) is 0 Å². The van der Waals surface area contributed by atoms with Crippen LogP contribution in [-0.2, 0) is 4.79 Å². The number of benzene rings is 2. The molecule has 2 amide bonds. The molecule has 0 aliphatic rings. The molecule has 2 aromatic rings. The Morgan fingerprint density at radius 3 is 2.33 bits per heavy atom. The SMILES string of the molecule is CCOc1ccc(O[C@H](C)C(=O)NNC(=O)c2ccc(OC)c(F)c2)cc1. The van der Waals surface area contributed by atoms with E-state index in [1.165, 1.54) is 26.2 Å². The molecule has 2 aromatic carbocycles. The monoisotopic (exact) mass is 376 g/mol. The molecule has 0 aliphatic heterocycles. The molecule has 144 valence electrons. The Bertz CT molecular complexity index is 795. The number of rotatable bonds is 7. The third-order valence-electron chi connectivity index (χ3n) is 3.53. The predicted octanol–water partition coefficient (Wildman–Crippen LogP) is 2.46. The van der Waals surface area contributed by atoms with Gasteiger partial charge in [-0.2, -0.15) is 0 Å². The summed E-state index contributed by atoms with van der Waals surface area (Å²) in [5.74, 6) is -0.716. The third kappa shape index (κ3) is 5.60. The first kappa shape index (κ1) is 20.0. The van der Waals surface area contributed by atoms with Crippen molar-refractivity contribution in [2.75, 3.05) is 13.7 Å². The Morgan fingerprint density at radius 1 is 1.07 bits per heavy atom. The van der Waals surface area contributed by atoms with Crippen LogP contribution in [0, 0.1) is 5.82 Å². The number of ether oxygens (including phenoxy) is 3. The molecule has 2 N–H and O–H groups in total. The molecule has 1 atom stereocenters. The Kier molecular flexibility index (Phi) is 6.99. The first-order valence-corrected chi connectivity index (χ1v) is 8.27. The van der Waals surface area contributed by atoms with Crippen LogP contribution in [-0.4, -0.2) is 31.6 Å². The van der Waals surface area contributed by atoms with Crippen LogP contribution in [0.2, 0.25) is 0 Å². The molecule has 0 fully saturated rings. The van der Waals surface area contributed by atoms with Crippen LogP contribution in [0.1, 0.15) is 24.2 Å². The van der Waals surface area contributed by atoms with E-state index in [0.29, 0.717) is 18.1 Å². The second kappa shape index (κ2) is 9.42. The molecule has 8 heteroatoms. The van der Waals surface area contributed by atoms with Crippen LogP contribution in [0.15, 0.2) is 42.5 Å². The van der Waals surface area contributed by atoms with Gasteiger partial charge in [-0.1, -0.05) is 0 Å². The van der Waals surface area contributed by atoms with Crippen molar-refractivity contribution >= 4 is 11.8 Å². The Labute approximate surface area is 156 Å². The molecular weight excluding hydrogens is 355 g/mol. The van der Waals surface area contributed by atoms with E-state index in [-0.39, 0.29) is 11.3 Å². The topological polar surface area (TPSA) is 85.9 Å². The summed E-state index contributed by atoms with van der Waals surface area (Å²) in [6.45, 7) is 3.97. The number of methoxy groups -OCH3 is 1. The normalized spacial score (nSPS) is 11.3. The number of amides is 2. The lowest BCUT2D eigenvalue weighted by atomic mass is 10.2. The zero-order valence-corrected chi connectivity index (χ0v) is 15.2. The van der Waals surface area contributed by atoms with Crippen molar-refractivity contribution in [1.29, 1.82) is 0 Å². The van der Waals surface area contributed by atoms with Gasteiger partial charge in [0.1, 0.15) is 11.5 Å². The molecule has 27 heavy (non-hydrogen) atoms. The fourth-order valence-electron chi connectivity index (χ4n) is 2.14. The van der Waals surface area contributed by atoms with Crippen LogP contribution in [0.5, 0.6) is 17.2 Å². The Hall–Kier alpha value is -3.29. The maximum atomic E-state index is 13.6. The van der Waals surface area contributed by atoms with Crippen molar-refractivity contribution in [3.05, 3.63) is 53.8 Å². The highest BCUT2D eigenvalue weighted by molar-refractivity contribution is 5.95. The van der Waals surface area contributed by atoms with Gasteiger partial charge < -0.3 is 14.2 Å². The van der Waals surface area contributed by atoms with Crippen molar-refractivity contribution < 1.29 is 28.2 Å². The molecule has 0 saturated carbocycles. The number of nitrogens with one attached hydrogen (secondary N) is 2. The quantitative estimate of drug-likeness (QED) is 0.725. The van der Waals surface area contributed by atoms with Gasteiger partial charge in [0, 0.05) is 5.56 Å². The van der Waals surface area contributed by atoms with Gasteiger partial charge in [0.2, 0.25) is 0 Å². The molecule has 7 nitrogen and oxygen atoms in total. The number of hydrogen-bond donors (Lipinski definition) is 2. The minimum Gasteiger partial charge on any atom is -0.494 e. The third-order valence-corrected chi connectivity index (χ3v) is 3.53. The van der Waals surface area contributed by atoms with E-state index in [0.717, 1.165) is 6.07 Å². The fourth-order valence-corrected chi connectivity index (χ4v) is 2.14. The van der Waals surface area contributed by atoms with Gasteiger partial charge in [-0.3, -0.25) is 20.4 Å². The Balaban J connectivity index is 1.86. The van der Waals surface area contributed by atoms with Crippen molar-refractivity contribution in [3.8, 4) is 17.2 Å². The van der Waals surface area contributed by atoms with E-state index < -0.39 is 23.7 Å². The van der Waals surface area contributed by atoms with Gasteiger partial charge in [0.25, 0.3) is 11.8 Å².